The van der Waals surface area contributed by atoms with Crippen molar-refractivity contribution in [3.05, 3.63) is 35.9 Å². The Bertz CT molecular complexity index is 269. The van der Waals surface area contributed by atoms with Gasteiger partial charge in [-0.15, -0.1) is 0 Å². The smallest absolute Gasteiger partial charge is 0.261 e. The normalized spacial score (nSPS) is 10.1. The van der Waals surface area contributed by atoms with E-state index in [9.17, 15) is 9.18 Å². The molecule has 0 unspecified atom stereocenters. The average molecular weight is 194 g/mol. The Morgan fingerprint density at radius 1 is 1.07 bits per heavy atom. The molecule has 0 fully saturated rings. The lowest BCUT2D eigenvalue weighted by molar-refractivity contribution is -0.129. The predicted octanol–water partition coefficient (Wildman–Crippen LogP) is 3.29. The van der Waals surface area contributed by atoms with Crippen LogP contribution in [0.25, 0.3) is 0 Å². The Hall–Kier alpha value is -1.18. The second kappa shape index (κ2) is 6.30. The van der Waals surface area contributed by atoms with Crippen LogP contribution in [0.5, 0.6) is 0 Å². The zero-order chi connectivity index (χ0) is 10.2. The molecular weight excluding hydrogens is 179 g/mol. The highest BCUT2D eigenvalue weighted by atomic mass is 19.1. The number of carbonyl (C=O) groups excluding carboxylic acids is 1. The first-order chi connectivity index (χ1) is 6.79. The fraction of sp³-hybridized carbons (Fsp3) is 0.417. The maximum atomic E-state index is 11.8. The number of halogens is 1. The maximum absolute atomic E-state index is 11.8. The van der Waals surface area contributed by atoms with Crippen LogP contribution in [0.4, 0.5) is 4.39 Å². The van der Waals surface area contributed by atoms with E-state index in [-0.39, 0.29) is 6.42 Å². The molecule has 76 valence electrons. The van der Waals surface area contributed by atoms with Gasteiger partial charge in [0.2, 0.25) is 0 Å². The third kappa shape index (κ3) is 4.75. The van der Waals surface area contributed by atoms with Gasteiger partial charge in [0.25, 0.3) is 0 Å². The van der Waals surface area contributed by atoms with Gasteiger partial charge in [-0.25, -0.2) is 0 Å². The van der Waals surface area contributed by atoms with Crippen molar-refractivity contribution in [2.75, 3.05) is 0 Å². The van der Waals surface area contributed by atoms with Crippen LogP contribution in [0.3, 0.4) is 0 Å². The van der Waals surface area contributed by atoms with E-state index in [0.717, 1.165) is 19.3 Å². The second-order valence-electron chi connectivity index (χ2n) is 3.40. The summed E-state index contributed by atoms with van der Waals surface area (Å²) in [6, 6.07) is 9.00. The van der Waals surface area contributed by atoms with Crippen molar-refractivity contribution >= 4 is 6.04 Å². The van der Waals surface area contributed by atoms with Crippen molar-refractivity contribution in [2.24, 2.45) is 0 Å². The van der Waals surface area contributed by atoms with Crippen molar-refractivity contribution in [1.82, 2.24) is 0 Å². The van der Waals surface area contributed by atoms with E-state index in [1.165, 1.54) is 5.56 Å². The van der Waals surface area contributed by atoms with Crippen LogP contribution in [0.2, 0.25) is 0 Å². The van der Waals surface area contributed by atoms with E-state index in [2.05, 4.69) is 12.1 Å². The standard InChI is InChI=1S/C12H15FO/c13-12(14)10-6-2-5-9-11-7-3-1-4-8-11/h1,3-4,7-8H,2,5-6,9-10H2. The molecule has 1 nitrogen and oxygen atoms in total. The highest BCUT2D eigenvalue weighted by molar-refractivity contribution is 5.67. The molecule has 0 atom stereocenters. The number of benzene rings is 1. The average Bonchev–Trinajstić information content (AvgIpc) is 2.18. The van der Waals surface area contributed by atoms with E-state index in [1.807, 2.05) is 18.2 Å². The summed E-state index contributed by atoms with van der Waals surface area (Å²) in [5.41, 5.74) is 1.30. The molecule has 0 amide bonds. The molecule has 0 bridgehead atoms. The number of aryl methyl sites for hydroxylation is 1. The largest absolute Gasteiger partial charge is 0.301 e. The molecule has 0 N–H and O–H groups in total. The third-order valence-corrected chi connectivity index (χ3v) is 2.18. The summed E-state index contributed by atoms with van der Waals surface area (Å²) in [5, 5.41) is 0. The Morgan fingerprint density at radius 2 is 1.79 bits per heavy atom. The van der Waals surface area contributed by atoms with Crippen LogP contribution >= 0.6 is 0 Å². The summed E-state index contributed by atoms with van der Waals surface area (Å²) < 4.78 is 11.8. The van der Waals surface area contributed by atoms with E-state index in [0.29, 0.717) is 6.42 Å². The Labute approximate surface area is 83.9 Å². The lowest BCUT2D eigenvalue weighted by Gasteiger charge is -1.99. The van der Waals surface area contributed by atoms with Crippen molar-refractivity contribution in [2.45, 2.75) is 32.1 Å². The van der Waals surface area contributed by atoms with Gasteiger partial charge in [-0.3, -0.25) is 4.79 Å². The van der Waals surface area contributed by atoms with Crippen LogP contribution in [-0.2, 0) is 11.2 Å². The lowest BCUT2D eigenvalue weighted by Crippen LogP contribution is -1.89. The summed E-state index contributed by atoms with van der Waals surface area (Å²) in [4.78, 5) is 10.0. The fourth-order valence-corrected chi connectivity index (χ4v) is 1.41. The Morgan fingerprint density at radius 3 is 2.43 bits per heavy atom. The van der Waals surface area contributed by atoms with Crippen molar-refractivity contribution in [3.8, 4) is 0 Å². The molecule has 1 aromatic rings. The summed E-state index contributed by atoms with van der Waals surface area (Å²) in [5.74, 6) is 0. The second-order valence-corrected chi connectivity index (χ2v) is 3.40. The fourth-order valence-electron chi connectivity index (χ4n) is 1.41. The molecular formula is C12H15FO. The van der Waals surface area contributed by atoms with Crippen LogP contribution in [-0.4, -0.2) is 6.04 Å². The van der Waals surface area contributed by atoms with E-state index in [1.54, 1.807) is 0 Å². The number of unbranched alkanes of at least 4 members (excludes halogenated alkanes) is 2. The summed E-state index contributed by atoms with van der Waals surface area (Å²) >= 11 is 0. The minimum absolute atomic E-state index is 0.0782. The van der Waals surface area contributed by atoms with Gasteiger partial charge in [0.1, 0.15) is 0 Å². The molecule has 0 aliphatic carbocycles. The number of rotatable bonds is 6. The summed E-state index contributed by atoms with van der Waals surface area (Å²) in [6.07, 6.45) is 3.71. The SMILES string of the molecule is O=C(F)CCCCCc1ccccc1. The molecule has 1 aromatic carbocycles. The van der Waals surface area contributed by atoms with E-state index < -0.39 is 6.04 Å². The van der Waals surface area contributed by atoms with Gasteiger partial charge < -0.3 is 0 Å². The highest BCUT2D eigenvalue weighted by Gasteiger charge is 1.97. The number of hydrogen-bond acceptors (Lipinski definition) is 1. The minimum Gasteiger partial charge on any atom is -0.261 e. The highest BCUT2D eigenvalue weighted by Crippen LogP contribution is 2.07. The van der Waals surface area contributed by atoms with E-state index >= 15 is 0 Å². The van der Waals surface area contributed by atoms with Crippen LogP contribution in [0, 0.1) is 0 Å². The minimum atomic E-state index is -1.19. The van der Waals surface area contributed by atoms with Gasteiger partial charge in [0, 0.05) is 6.42 Å². The molecule has 0 aromatic heterocycles. The monoisotopic (exact) mass is 194 g/mol. The van der Waals surface area contributed by atoms with Crippen LogP contribution < -0.4 is 0 Å². The van der Waals surface area contributed by atoms with Gasteiger partial charge in [0.05, 0.1) is 0 Å². The van der Waals surface area contributed by atoms with Crippen LogP contribution in [0.1, 0.15) is 31.2 Å². The summed E-state index contributed by atoms with van der Waals surface area (Å²) in [7, 11) is 0. The molecule has 2 heteroatoms. The number of carbonyl (C=O) groups is 1. The number of hydrogen-bond donors (Lipinski definition) is 0. The molecule has 0 spiro atoms. The molecule has 0 heterocycles. The molecule has 14 heavy (non-hydrogen) atoms. The van der Waals surface area contributed by atoms with Crippen molar-refractivity contribution < 1.29 is 9.18 Å². The summed E-state index contributed by atoms with van der Waals surface area (Å²) in [6.45, 7) is 0. The zero-order valence-electron chi connectivity index (χ0n) is 8.21. The Balaban J connectivity index is 2.08. The maximum Gasteiger partial charge on any atom is 0.301 e. The molecule has 0 radical (unpaired) electrons. The molecule has 0 saturated carbocycles. The third-order valence-electron chi connectivity index (χ3n) is 2.18. The van der Waals surface area contributed by atoms with Gasteiger partial charge in [-0.2, -0.15) is 4.39 Å². The Kier molecular flexibility index (Phi) is 4.90. The predicted molar refractivity (Wildman–Crippen MR) is 54.7 cm³/mol. The first-order valence-corrected chi connectivity index (χ1v) is 5.01. The molecule has 1 rings (SSSR count). The van der Waals surface area contributed by atoms with Gasteiger partial charge in [0.15, 0.2) is 0 Å². The first-order valence-electron chi connectivity index (χ1n) is 5.01. The van der Waals surface area contributed by atoms with E-state index in [4.69, 9.17) is 0 Å². The lowest BCUT2D eigenvalue weighted by atomic mass is 10.1. The van der Waals surface area contributed by atoms with Crippen molar-refractivity contribution in [3.63, 3.8) is 0 Å². The first kappa shape index (κ1) is 10.9. The van der Waals surface area contributed by atoms with Gasteiger partial charge in [-0.05, 0) is 24.8 Å². The molecule has 0 aliphatic rings. The van der Waals surface area contributed by atoms with Crippen molar-refractivity contribution in [1.29, 1.82) is 0 Å². The van der Waals surface area contributed by atoms with Crippen LogP contribution in [0.15, 0.2) is 30.3 Å². The molecule has 0 saturated heterocycles. The quantitative estimate of drug-likeness (QED) is 0.501. The van der Waals surface area contributed by atoms with Gasteiger partial charge in [-0.1, -0.05) is 36.8 Å². The zero-order valence-corrected chi connectivity index (χ0v) is 8.21. The topological polar surface area (TPSA) is 17.1 Å². The molecule has 0 aliphatic heterocycles. The van der Waals surface area contributed by atoms with Gasteiger partial charge >= 0.3 is 6.04 Å².